The van der Waals surface area contributed by atoms with Gasteiger partial charge >= 0.3 is 0 Å². The summed E-state index contributed by atoms with van der Waals surface area (Å²) in [6, 6.07) is 18.4. The lowest BCUT2D eigenvalue weighted by Crippen LogP contribution is -2.46. The molecule has 2 aromatic carbocycles. The number of anilines is 1. The van der Waals surface area contributed by atoms with Gasteiger partial charge in [-0.15, -0.1) is 0 Å². The lowest BCUT2D eigenvalue weighted by molar-refractivity contribution is -0.123. The van der Waals surface area contributed by atoms with Gasteiger partial charge < -0.3 is 15.0 Å². The number of piperidine rings is 1. The highest BCUT2D eigenvalue weighted by atomic mass is 16.5. The zero-order valence-corrected chi connectivity index (χ0v) is 14.1. The third kappa shape index (κ3) is 4.51. The molecule has 1 fully saturated rings. The Labute approximate surface area is 143 Å². The smallest absolute Gasteiger partial charge is 0.258 e. The Morgan fingerprint density at radius 1 is 1.12 bits per heavy atom. The van der Waals surface area contributed by atoms with Crippen LogP contribution in [0.2, 0.25) is 0 Å². The van der Waals surface area contributed by atoms with Crippen LogP contribution in [-0.2, 0) is 4.79 Å². The van der Waals surface area contributed by atoms with Crippen molar-refractivity contribution < 1.29 is 9.53 Å². The zero-order chi connectivity index (χ0) is 16.8. The number of benzene rings is 2. The highest BCUT2D eigenvalue weighted by molar-refractivity contribution is 5.77. The molecule has 0 saturated carbocycles. The number of aryl methyl sites for hydroxylation is 1. The first-order valence-electron chi connectivity index (χ1n) is 8.49. The number of ether oxygens (including phenoxy) is 1. The molecule has 1 N–H and O–H groups in total. The van der Waals surface area contributed by atoms with Crippen LogP contribution in [0.4, 0.5) is 5.69 Å². The average Bonchev–Trinajstić information content (AvgIpc) is 2.61. The summed E-state index contributed by atoms with van der Waals surface area (Å²) in [5.41, 5.74) is 2.38. The van der Waals surface area contributed by atoms with Gasteiger partial charge in [-0.3, -0.25) is 4.79 Å². The summed E-state index contributed by atoms with van der Waals surface area (Å²) in [5.74, 6) is 0.693. The first kappa shape index (κ1) is 16.4. The number of nitrogens with zero attached hydrogens (tertiary/aromatic N) is 1. The van der Waals surface area contributed by atoms with Crippen LogP contribution in [-0.4, -0.2) is 31.6 Å². The van der Waals surface area contributed by atoms with Crippen molar-refractivity contribution in [3.8, 4) is 5.75 Å². The minimum Gasteiger partial charge on any atom is -0.484 e. The number of para-hydroxylation sites is 1. The van der Waals surface area contributed by atoms with E-state index in [0.29, 0.717) is 0 Å². The van der Waals surface area contributed by atoms with E-state index < -0.39 is 0 Å². The van der Waals surface area contributed by atoms with Crippen LogP contribution in [0.5, 0.6) is 5.75 Å². The highest BCUT2D eigenvalue weighted by Gasteiger charge is 2.20. The third-order valence-electron chi connectivity index (χ3n) is 4.34. The Morgan fingerprint density at radius 2 is 1.88 bits per heavy atom. The van der Waals surface area contributed by atoms with Crippen molar-refractivity contribution in [1.29, 1.82) is 0 Å². The molecule has 0 unspecified atom stereocenters. The summed E-state index contributed by atoms with van der Waals surface area (Å²) in [7, 11) is 0. The van der Waals surface area contributed by atoms with E-state index in [2.05, 4.69) is 34.5 Å². The first-order valence-corrected chi connectivity index (χ1v) is 8.49. The summed E-state index contributed by atoms with van der Waals surface area (Å²) in [5, 5.41) is 3.09. The molecule has 0 bridgehead atoms. The van der Waals surface area contributed by atoms with E-state index in [1.165, 1.54) is 5.69 Å². The first-order chi connectivity index (χ1) is 11.7. The van der Waals surface area contributed by atoms with Crippen molar-refractivity contribution in [2.24, 2.45) is 0 Å². The number of carbonyl (C=O) groups is 1. The van der Waals surface area contributed by atoms with Crippen LogP contribution in [0.1, 0.15) is 18.4 Å². The van der Waals surface area contributed by atoms with E-state index in [0.717, 1.165) is 37.2 Å². The van der Waals surface area contributed by atoms with E-state index in [-0.39, 0.29) is 18.6 Å². The Balaban J connectivity index is 1.42. The topological polar surface area (TPSA) is 41.6 Å². The standard InChI is InChI=1S/C20H24N2O2/c1-16-6-5-9-19(14-16)24-15-20(23)21-17-10-12-22(13-11-17)18-7-3-2-4-8-18/h2-9,14,17H,10-13,15H2,1H3,(H,21,23). The fourth-order valence-corrected chi connectivity index (χ4v) is 3.04. The van der Waals surface area contributed by atoms with Crippen molar-refractivity contribution in [2.75, 3.05) is 24.6 Å². The number of carbonyl (C=O) groups excluding carboxylic acids is 1. The summed E-state index contributed by atoms with van der Waals surface area (Å²) >= 11 is 0. The minimum atomic E-state index is -0.0466. The molecule has 4 nitrogen and oxygen atoms in total. The Kier molecular flexibility index (Phi) is 5.36. The molecule has 1 aliphatic heterocycles. The average molecular weight is 324 g/mol. The zero-order valence-electron chi connectivity index (χ0n) is 14.1. The van der Waals surface area contributed by atoms with Crippen molar-refractivity contribution in [3.05, 3.63) is 60.2 Å². The molecule has 0 aromatic heterocycles. The van der Waals surface area contributed by atoms with Gasteiger partial charge in [0, 0.05) is 24.8 Å². The number of hydrogen-bond acceptors (Lipinski definition) is 3. The number of rotatable bonds is 5. The molecule has 1 heterocycles. The minimum absolute atomic E-state index is 0.0466. The maximum Gasteiger partial charge on any atom is 0.258 e. The van der Waals surface area contributed by atoms with Crippen LogP contribution in [0, 0.1) is 6.92 Å². The maximum atomic E-state index is 12.1. The Hall–Kier alpha value is -2.49. The maximum absolute atomic E-state index is 12.1. The Morgan fingerprint density at radius 3 is 2.58 bits per heavy atom. The van der Waals surface area contributed by atoms with E-state index in [9.17, 15) is 4.79 Å². The largest absolute Gasteiger partial charge is 0.484 e. The molecule has 0 atom stereocenters. The molecule has 0 spiro atoms. The normalized spacial score (nSPS) is 15.1. The summed E-state index contributed by atoms with van der Waals surface area (Å²) in [6.45, 7) is 4.01. The second-order valence-electron chi connectivity index (χ2n) is 6.27. The molecule has 2 aromatic rings. The van der Waals surface area contributed by atoms with Crippen LogP contribution in [0.15, 0.2) is 54.6 Å². The van der Waals surface area contributed by atoms with Gasteiger partial charge in [0.05, 0.1) is 0 Å². The Bertz CT molecular complexity index is 664. The molecule has 1 aliphatic rings. The van der Waals surface area contributed by atoms with E-state index >= 15 is 0 Å². The number of amides is 1. The molecule has 0 aliphatic carbocycles. The molecule has 1 amide bonds. The molecule has 24 heavy (non-hydrogen) atoms. The second kappa shape index (κ2) is 7.86. The molecular formula is C20H24N2O2. The predicted octanol–water partition coefficient (Wildman–Crippen LogP) is 3.16. The van der Waals surface area contributed by atoms with Gasteiger partial charge in [0.15, 0.2) is 6.61 Å². The molecule has 1 saturated heterocycles. The molecular weight excluding hydrogens is 300 g/mol. The van der Waals surface area contributed by atoms with Crippen LogP contribution in [0.25, 0.3) is 0 Å². The monoisotopic (exact) mass is 324 g/mol. The summed E-state index contributed by atoms with van der Waals surface area (Å²) in [6.07, 6.45) is 1.93. The summed E-state index contributed by atoms with van der Waals surface area (Å²) < 4.78 is 5.56. The van der Waals surface area contributed by atoms with Crippen molar-refractivity contribution >= 4 is 11.6 Å². The molecule has 0 radical (unpaired) electrons. The number of nitrogens with one attached hydrogen (secondary N) is 1. The van der Waals surface area contributed by atoms with Gasteiger partial charge in [0.2, 0.25) is 0 Å². The second-order valence-corrected chi connectivity index (χ2v) is 6.27. The van der Waals surface area contributed by atoms with Gasteiger partial charge in [-0.2, -0.15) is 0 Å². The third-order valence-corrected chi connectivity index (χ3v) is 4.34. The molecule has 126 valence electrons. The van der Waals surface area contributed by atoms with Gasteiger partial charge in [-0.05, 0) is 49.6 Å². The lowest BCUT2D eigenvalue weighted by atomic mass is 10.0. The van der Waals surface area contributed by atoms with Crippen molar-refractivity contribution in [2.45, 2.75) is 25.8 Å². The van der Waals surface area contributed by atoms with Crippen molar-refractivity contribution in [1.82, 2.24) is 5.32 Å². The number of hydrogen-bond donors (Lipinski definition) is 1. The highest BCUT2D eigenvalue weighted by Crippen LogP contribution is 2.19. The van der Waals surface area contributed by atoms with Gasteiger partial charge in [-0.1, -0.05) is 30.3 Å². The van der Waals surface area contributed by atoms with Gasteiger partial charge in [0.1, 0.15) is 5.75 Å². The van der Waals surface area contributed by atoms with Crippen molar-refractivity contribution in [3.63, 3.8) is 0 Å². The van der Waals surface area contributed by atoms with Crippen LogP contribution in [0.3, 0.4) is 0 Å². The summed E-state index contributed by atoms with van der Waals surface area (Å²) in [4.78, 5) is 14.4. The van der Waals surface area contributed by atoms with E-state index in [1.807, 2.05) is 37.3 Å². The fraction of sp³-hybridized carbons (Fsp3) is 0.350. The lowest BCUT2D eigenvalue weighted by Gasteiger charge is -2.34. The van der Waals surface area contributed by atoms with Crippen LogP contribution >= 0.6 is 0 Å². The molecule has 4 heteroatoms. The quantitative estimate of drug-likeness (QED) is 0.918. The van der Waals surface area contributed by atoms with Crippen LogP contribution < -0.4 is 15.0 Å². The van der Waals surface area contributed by atoms with Gasteiger partial charge in [0.25, 0.3) is 5.91 Å². The van der Waals surface area contributed by atoms with E-state index in [1.54, 1.807) is 0 Å². The van der Waals surface area contributed by atoms with Gasteiger partial charge in [-0.25, -0.2) is 0 Å². The van der Waals surface area contributed by atoms with E-state index in [4.69, 9.17) is 4.74 Å². The molecule has 3 rings (SSSR count). The predicted molar refractivity (Wildman–Crippen MR) is 96.5 cm³/mol. The fourth-order valence-electron chi connectivity index (χ4n) is 3.04. The SMILES string of the molecule is Cc1cccc(OCC(=O)NC2CCN(c3ccccc3)CC2)c1.